The molecule has 2 rings (SSSR count). The lowest BCUT2D eigenvalue weighted by molar-refractivity contribution is 0.628. The van der Waals surface area contributed by atoms with E-state index in [9.17, 15) is 0 Å². The van der Waals surface area contributed by atoms with Crippen molar-refractivity contribution in [3.8, 4) is 0 Å². The second-order valence-corrected chi connectivity index (χ2v) is 3.57. The van der Waals surface area contributed by atoms with Crippen molar-refractivity contribution in [3.63, 3.8) is 0 Å². The van der Waals surface area contributed by atoms with E-state index in [2.05, 4.69) is 47.3 Å². The van der Waals surface area contributed by atoms with Crippen molar-refractivity contribution in [1.82, 2.24) is 10.9 Å². The number of hydrogen-bond acceptors (Lipinski definition) is 2. The Bertz CT molecular complexity index is 276. The third-order valence-electron chi connectivity index (χ3n) is 2.41. The molecule has 2 N–H and O–H groups in total. The van der Waals surface area contributed by atoms with Crippen LogP contribution in [0.3, 0.4) is 0 Å². The Labute approximate surface area is 85.1 Å². The fraction of sp³-hybridized carbons (Fsp3) is 0.333. The maximum atomic E-state index is 3.25. The Hall–Kier alpha value is -1.44. The van der Waals surface area contributed by atoms with Crippen LogP contribution < -0.4 is 10.9 Å². The summed E-state index contributed by atoms with van der Waals surface area (Å²) in [6.45, 7) is 0. The van der Waals surface area contributed by atoms with Gasteiger partial charge in [0.25, 0.3) is 0 Å². The largest absolute Gasteiger partial charge is 0.305 e. The van der Waals surface area contributed by atoms with Gasteiger partial charge in [0.2, 0.25) is 0 Å². The molecule has 0 spiro atoms. The van der Waals surface area contributed by atoms with Crippen molar-refractivity contribution in [3.05, 3.63) is 47.9 Å². The zero-order valence-corrected chi connectivity index (χ0v) is 8.29. The summed E-state index contributed by atoms with van der Waals surface area (Å²) in [5.74, 6) is 0. The molecule has 0 amide bonds. The quantitative estimate of drug-likeness (QED) is 0.665. The van der Waals surface area contributed by atoms with Gasteiger partial charge in [-0.15, -0.1) is 0 Å². The molecule has 0 fully saturated rings. The van der Waals surface area contributed by atoms with Crippen LogP contribution in [0.15, 0.2) is 47.9 Å². The zero-order chi connectivity index (χ0) is 9.64. The van der Waals surface area contributed by atoms with Crippen LogP contribution in [0.1, 0.15) is 25.7 Å². The summed E-state index contributed by atoms with van der Waals surface area (Å²) in [4.78, 5) is 0. The van der Waals surface area contributed by atoms with E-state index in [1.807, 2.05) is 0 Å². The molecule has 0 aromatic heterocycles. The van der Waals surface area contributed by atoms with Crippen LogP contribution in [-0.4, -0.2) is 0 Å². The van der Waals surface area contributed by atoms with Crippen LogP contribution in [0.2, 0.25) is 0 Å². The van der Waals surface area contributed by atoms with Crippen LogP contribution in [0.4, 0.5) is 0 Å². The van der Waals surface area contributed by atoms with Gasteiger partial charge in [-0.2, -0.15) is 0 Å². The van der Waals surface area contributed by atoms with E-state index in [0.29, 0.717) is 0 Å². The van der Waals surface area contributed by atoms with Gasteiger partial charge in [0.1, 0.15) is 0 Å². The predicted molar refractivity (Wildman–Crippen MR) is 59.2 cm³/mol. The molecule has 0 bridgehead atoms. The Morgan fingerprint density at radius 1 is 0.786 bits per heavy atom. The molecular weight excluding hydrogens is 172 g/mol. The number of nitrogens with one attached hydrogen (secondary N) is 2. The smallest absolute Gasteiger partial charge is 0.0316 e. The van der Waals surface area contributed by atoms with Crippen molar-refractivity contribution >= 4 is 0 Å². The predicted octanol–water partition coefficient (Wildman–Crippen LogP) is 2.55. The summed E-state index contributed by atoms with van der Waals surface area (Å²) in [6.07, 6.45) is 17.3. The Morgan fingerprint density at radius 2 is 1.29 bits per heavy atom. The topological polar surface area (TPSA) is 24.1 Å². The molecule has 0 saturated carbocycles. The monoisotopic (exact) mass is 188 g/mol. The Kier molecular flexibility index (Phi) is 3.06. The first-order chi connectivity index (χ1) is 6.95. The van der Waals surface area contributed by atoms with Crippen LogP contribution in [0, 0.1) is 0 Å². The summed E-state index contributed by atoms with van der Waals surface area (Å²) < 4.78 is 0. The van der Waals surface area contributed by atoms with Gasteiger partial charge in [-0.3, -0.25) is 0 Å². The van der Waals surface area contributed by atoms with Gasteiger partial charge in [0.15, 0.2) is 0 Å². The maximum Gasteiger partial charge on any atom is 0.0316 e. The Balaban J connectivity index is 1.81. The number of rotatable bonds is 3. The van der Waals surface area contributed by atoms with E-state index in [-0.39, 0.29) is 0 Å². The zero-order valence-electron chi connectivity index (χ0n) is 8.29. The van der Waals surface area contributed by atoms with Crippen molar-refractivity contribution in [1.29, 1.82) is 0 Å². The van der Waals surface area contributed by atoms with Gasteiger partial charge in [0.05, 0.1) is 0 Å². The normalized spacial score (nSPS) is 20.0. The second kappa shape index (κ2) is 4.70. The van der Waals surface area contributed by atoms with Crippen LogP contribution in [-0.2, 0) is 0 Å². The lowest BCUT2D eigenvalue weighted by Crippen LogP contribution is -2.31. The van der Waals surface area contributed by atoms with Gasteiger partial charge in [-0.25, -0.2) is 0 Å². The summed E-state index contributed by atoms with van der Waals surface area (Å²) in [5, 5.41) is 0. The van der Waals surface area contributed by atoms with E-state index in [1.54, 1.807) is 0 Å². The van der Waals surface area contributed by atoms with E-state index >= 15 is 0 Å². The molecule has 2 heteroatoms. The minimum Gasteiger partial charge on any atom is -0.305 e. The van der Waals surface area contributed by atoms with E-state index < -0.39 is 0 Å². The molecule has 0 aliphatic heterocycles. The first-order valence-corrected chi connectivity index (χ1v) is 5.18. The third kappa shape index (κ3) is 2.52. The molecule has 0 saturated heterocycles. The maximum absolute atomic E-state index is 3.25. The number of hydrogen-bond donors (Lipinski definition) is 2. The van der Waals surface area contributed by atoms with Crippen LogP contribution >= 0.6 is 0 Å². The van der Waals surface area contributed by atoms with Gasteiger partial charge in [0, 0.05) is 11.4 Å². The molecule has 2 nitrogen and oxygen atoms in total. The molecule has 0 aromatic carbocycles. The molecule has 0 atom stereocenters. The molecule has 14 heavy (non-hydrogen) atoms. The Morgan fingerprint density at radius 3 is 1.64 bits per heavy atom. The standard InChI is InChI=1S/C12H16N2/c1-3-7-11(8-4-1)13-14-12-9-5-2-6-10-12/h1-3,5,7,9,13-14H,4,6,8,10H2. The lowest BCUT2D eigenvalue weighted by Gasteiger charge is -2.17. The van der Waals surface area contributed by atoms with Crippen LogP contribution in [0.5, 0.6) is 0 Å². The third-order valence-corrected chi connectivity index (χ3v) is 2.41. The van der Waals surface area contributed by atoms with Crippen molar-refractivity contribution < 1.29 is 0 Å². The highest BCUT2D eigenvalue weighted by molar-refractivity contribution is 5.19. The summed E-state index contributed by atoms with van der Waals surface area (Å²) >= 11 is 0. The first kappa shape index (κ1) is 9.13. The molecule has 0 unspecified atom stereocenters. The minimum atomic E-state index is 1.10. The minimum absolute atomic E-state index is 1.10. The average molecular weight is 188 g/mol. The van der Waals surface area contributed by atoms with Crippen LogP contribution in [0.25, 0.3) is 0 Å². The van der Waals surface area contributed by atoms with E-state index in [4.69, 9.17) is 0 Å². The van der Waals surface area contributed by atoms with Gasteiger partial charge >= 0.3 is 0 Å². The highest BCUT2D eigenvalue weighted by Gasteiger charge is 2.01. The SMILES string of the molecule is C1=CCCC(NNC2=CC=CCC2)=C1. The van der Waals surface area contributed by atoms with Crippen molar-refractivity contribution in [2.75, 3.05) is 0 Å². The summed E-state index contributed by atoms with van der Waals surface area (Å²) in [5.41, 5.74) is 9.03. The molecular formula is C12H16N2. The number of hydrazine groups is 1. The first-order valence-electron chi connectivity index (χ1n) is 5.18. The van der Waals surface area contributed by atoms with Gasteiger partial charge in [-0.05, 0) is 37.8 Å². The second-order valence-electron chi connectivity index (χ2n) is 3.57. The lowest BCUT2D eigenvalue weighted by atomic mass is 10.1. The molecule has 0 radical (unpaired) electrons. The number of allylic oxidation sites excluding steroid dienone is 8. The fourth-order valence-corrected chi connectivity index (χ4v) is 1.57. The molecule has 74 valence electrons. The highest BCUT2D eigenvalue weighted by Crippen LogP contribution is 2.10. The van der Waals surface area contributed by atoms with E-state index in [1.165, 1.54) is 11.4 Å². The molecule has 0 heterocycles. The molecule has 2 aliphatic rings. The highest BCUT2D eigenvalue weighted by atomic mass is 15.4. The summed E-state index contributed by atoms with van der Waals surface area (Å²) in [6, 6.07) is 0. The van der Waals surface area contributed by atoms with Crippen molar-refractivity contribution in [2.24, 2.45) is 0 Å². The van der Waals surface area contributed by atoms with Gasteiger partial charge < -0.3 is 10.9 Å². The summed E-state index contributed by atoms with van der Waals surface area (Å²) in [7, 11) is 0. The fourth-order valence-electron chi connectivity index (χ4n) is 1.57. The average Bonchev–Trinajstić information content (AvgIpc) is 2.29. The molecule has 2 aliphatic carbocycles. The van der Waals surface area contributed by atoms with Crippen molar-refractivity contribution in [2.45, 2.75) is 25.7 Å². The van der Waals surface area contributed by atoms with Gasteiger partial charge in [-0.1, -0.05) is 24.3 Å². The molecule has 0 aromatic rings. The van der Waals surface area contributed by atoms with E-state index in [0.717, 1.165) is 25.7 Å².